The predicted octanol–water partition coefficient (Wildman–Crippen LogP) is 1.40. The quantitative estimate of drug-likeness (QED) is 0.303. The second-order valence-electron chi connectivity index (χ2n) is 8.13. The van der Waals surface area contributed by atoms with Crippen LogP contribution in [-0.2, 0) is 16.1 Å². The van der Waals surface area contributed by atoms with Gasteiger partial charge in [0.15, 0.2) is 0 Å². The summed E-state index contributed by atoms with van der Waals surface area (Å²) in [6.07, 6.45) is 2.46. The molecular weight excluding hydrogens is 474 g/mol. The minimum Gasteiger partial charge on any atom is -0.395 e. The van der Waals surface area contributed by atoms with Crippen molar-refractivity contribution in [1.29, 1.82) is 5.26 Å². The molecule has 9 nitrogen and oxygen atoms in total. The molecule has 1 aromatic rings. The van der Waals surface area contributed by atoms with Crippen LogP contribution in [0.5, 0.6) is 0 Å². The first-order valence-electron chi connectivity index (χ1n) is 11.4. The minimum absolute atomic E-state index is 0.0892. The highest BCUT2D eigenvalue weighted by atomic mass is 32.2. The molecule has 0 spiro atoms. The highest BCUT2D eigenvalue weighted by Gasteiger charge is 2.33. The molecule has 0 bridgehead atoms. The van der Waals surface area contributed by atoms with Crippen LogP contribution in [0.4, 0.5) is 5.82 Å². The average Bonchev–Trinajstić information content (AvgIpc) is 3.09. The van der Waals surface area contributed by atoms with E-state index in [1.807, 2.05) is 6.92 Å². The topological polar surface area (TPSA) is 102 Å². The number of hydrogen-bond acceptors (Lipinski definition) is 9. The third kappa shape index (κ3) is 5.37. The molecule has 11 heteroatoms. The normalized spacial score (nSPS) is 18.3. The van der Waals surface area contributed by atoms with Crippen LogP contribution in [0.15, 0.2) is 9.70 Å². The minimum atomic E-state index is -0.320. The third-order valence-electron chi connectivity index (χ3n) is 6.13. The van der Waals surface area contributed by atoms with Gasteiger partial charge in [-0.3, -0.25) is 24.0 Å². The van der Waals surface area contributed by atoms with Gasteiger partial charge >= 0.3 is 0 Å². The lowest BCUT2D eigenvalue weighted by atomic mass is 10.0. The summed E-state index contributed by atoms with van der Waals surface area (Å²) in [5.41, 5.74) is 1.03. The van der Waals surface area contributed by atoms with Crippen molar-refractivity contribution in [2.75, 3.05) is 64.5 Å². The Morgan fingerprint density at radius 2 is 1.94 bits per heavy atom. The maximum Gasteiger partial charge on any atom is 0.270 e. The van der Waals surface area contributed by atoms with Crippen molar-refractivity contribution in [3.63, 3.8) is 0 Å². The molecule has 1 N–H and O–H groups in total. The van der Waals surface area contributed by atoms with E-state index in [0.29, 0.717) is 66.1 Å². The lowest BCUT2D eigenvalue weighted by Crippen LogP contribution is -2.49. The van der Waals surface area contributed by atoms with Gasteiger partial charge in [-0.1, -0.05) is 24.0 Å². The fourth-order valence-electron chi connectivity index (χ4n) is 4.29. The molecule has 0 atom stereocenters. The number of carbonyl (C=O) groups excluding carboxylic acids is 1. The number of pyridine rings is 1. The SMILES string of the molecule is CCn1c(N2CCN(CCO)CC2)c(C=C2SC(=S)N(CCCOC)C2=O)c(C)c(C#N)c1=O. The molecule has 34 heavy (non-hydrogen) atoms. The van der Waals surface area contributed by atoms with Crippen LogP contribution in [0.3, 0.4) is 0 Å². The van der Waals surface area contributed by atoms with E-state index in [9.17, 15) is 20.0 Å². The fraction of sp³-hybridized carbons (Fsp3) is 0.565. The first-order chi connectivity index (χ1) is 16.4. The molecule has 0 aromatic carbocycles. The molecule has 2 fully saturated rings. The van der Waals surface area contributed by atoms with Crippen molar-refractivity contribution < 1.29 is 14.6 Å². The zero-order valence-corrected chi connectivity index (χ0v) is 21.5. The number of ether oxygens (including phenoxy) is 1. The molecule has 1 amide bonds. The second-order valence-corrected chi connectivity index (χ2v) is 9.81. The molecule has 1 aromatic heterocycles. The van der Waals surface area contributed by atoms with E-state index in [-0.39, 0.29) is 23.6 Å². The molecule has 184 valence electrons. The van der Waals surface area contributed by atoms with Gasteiger partial charge in [-0.15, -0.1) is 0 Å². The van der Waals surface area contributed by atoms with Gasteiger partial charge in [-0.2, -0.15) is 5.26 Å². The maximum absolute atomic E-state index is 13.1. The first kappa shape index (κ1) is 26.4. The van der Waals surface area contributed by atoms with Crippen molar-refractivity contribution in [2.24, 2.45) is 0 Å². The molecule has 2 aliphatic rings. The van der Waals surface area contributed by atoms with Gasteiger partial charge in [0.25, 0.3) is 11.5 Å². The van der Waals surface area contributed by atoms with Gasteiger partial charge in [0.05, 0.1) is 11.5 Å². The van der Waals surface area contributed by atoms with Gasteiger partial charge in [0, 0.05) is 65.1 Å². The Labute approximate surface area is 209 Å². The maximum atomic E-state index is 13.1. The Balaban J connectivity index is 2.06. The summed E-state index contributed by atoms with van der Waals surface area (Å²) < 4.78 is 7.21. The number of rotatable bonds is 9. The van der Waals surface area contributed by atoms with Gasteiger partial charge in [0.1, 0.15) is 21.8 Å². The molecule has 0 unspecified atom stereocenters. The molecule has 2 aliphatic heterocycles. The Kier molecular flexibility index (Phi) is 9.27. The van der Waals surface area contributed by atoms with E-state index in [4.69, 9.17) is 17.0 Å². The van der Waals surface area contributed by atoms with Crippen LogP contribution in [0.2, 0.25) is 0 Å². The van der Waals surface area contributed by atoms with Gasteiger partial charge in [-0.25, -0.2) is 0 Å². The number of nitriles is 1. The van der Waals surface area contributed by atoms with Crippen molar-refractivity contribution in [1.82, 2.24) is 14.4 Å². The molecule has 2 saturated heterocycles. The number of nitrogens with zero attached hydrogens (tertiary/aromatic N) is 5. The average molecular weight is 506 g/mol. The van der Waals surface area contributed by atoms with E-state index >= 15 is 0 Å². The number of amides is 1. The second kappa shape index (κ2) is 12.0. The Hall–Kier alpha value is -2.23. The van der Waals surface area contributed by atoms with E-state index < -0.39 is 0 Å². The fourth-order valence-corrected chi connectivity index (χ4v) is 5.58. The molecule has 3 heterocycles. The summed E-state index contributed by atoms with van der Waals surface area (Å²) in [5, 5.41) is 19.0. The summed E-state index contributed by atoms with van der Waals surface area (Å²) in [4.78, 5) is 32.6. The van der Waals surface area contributed by atoms with Crippen molar-refractivity contribution in [3.8, 4) is 6.07 Å². The van der Waals surface area contributed by atoms with E-state index in [1.165, 1.54) is 11.8 Å². The van der Waals surface area contributed by atoms with Gasteiger partial charge < -0.3 is 14.7 Å². The highest BCUT2D eigenvalue weighted by Crippen LogP contribution is 2.36. The van der Waals surface area contributed by atoms with Gasteiger partial charge in [0.2, 0.25) is 0 Å². The number of anilines is 1. The smallest absolute Gasteiger partial charge is 0.270 e. The molecule has 0 aliphatic carbocycles. The molecule has 0 saturated carbocycles. The summed E-state index contributed by atoms with van der Waals surface area (Å²) in [5.74, 6) is 0.550. The lowest BCUT2D eigenvalue weighted by molar-refractivity contribution is -0.122. The number of aliphatic hydroxyl groups is 1. The Morgan fingerprint density at radius 1 is 1.24 bits per heavy atom. The zero-order chi connectivity index (χ0) is 24.8. The third-order valence-corrected chi connectivity index (χ3v) is 7.51. The standard InChI is InChI=1S/C23H31N5O4S2/c1-4-27-20(26-9-7-25(8-10-26)11-12-29)17(16(2)18(15-24)21(27)30)14-19-22(31)28(23(33)34-19)6-5-13-32-3/h14,29H,4-13H2,1-3H3. The number of aliphatic hydroxyl groups excluding tert-OH is 1. The van der Waals surface area contributed by atoms with Crippen LogP contribution in [-0.4, -0.2) is 89.3 Å². The van der Waals surface area contributed by atoms with Crippen LogP contribution >= 0.6 is 24.0 Å². The number of aromatic nitrogens is 1. The van der Waals surface area contributed by atoms with E-state index in [2.05, 4.69) is 15.9 Å². The predicted molar refractivity (Wildman–Crippen MR) is 138 cm³/mol. The lowest BCUT2D eigenvalue weighted by Gasteiger charge is -2.37. The van der Waals surface area contributed by atoms with Gasteiger partial charge in [-0.05, 0) is 31.9 Å². The highest BCUT2D eigenvalue weighted by molar-refractivity contribution is 8.26. The molecule has 3 rings (SSSR count). The number of thioether (sulfide) groups is 1. The van der Waals surface area contributed by atoms with Crippen LogP contribution in [0.25, 0.3) is 6.08 Å². The van der Waals surface area contributed by atoms with Crippen LogP contribution in [0, 0.1) is 18.3 Å². The Morgan fingerprint density at radius 3 is 2.53 bits per heavy atom. The number of piperazine rings is 1. The van der Waals surface area contributed by atoms with E-state index in [1.54, 1.807) is 29.6 Å². The number of hydrogen-bond donors (Lipinski definition) is 1. The summed E-state index contributed by atoms with van der Waals surface area (Å²) in [6.45, 7) is 8.61. The summed E-state index contributed by atoms with van der Waals surface area (Å²) >= 11 is 6.69. The Bertz CT molecular complexity index is 1070. The summed E-state index contributed by atoms with van der Waals surface area (Å²) in [6, 6.07) is 2.06. The zero-order valence-electron chi connectivity index (χ0n) is 19.9. The first-order valence-corrected chi connectivity index (χ1v) is 12.6. The summed E-state index contributed by atoms with van der Waals surface area (Å²) in [7, 11) is 1.62. The molecular formula is C23H31N5O4S2. The largest absolute Gasteiger partial charge is 0.395 e. The monoisotopic (exact) mass is 505 g/mol. The van der Waals surface area contributed by atoms with Crippen LogP contribution in [0.1, 0.15) is 30.0 Å². The van der Waals surface area contributed by atoms with Crippen molar-refractivity contribution in [2.45, 2.75) is 26.8 Å². The number of carbonyl (C=O) groups is 1. The number of thiocarbonyl (C=S) groups is 1. The van der Waals surface area contributed by atoms with E-state index in [0.717, 1.165) is 18.9 Å². The van der Waals surface area contributed by atoms with Crippen LogP contribution < -0.4 is 10.5 Å². The number of methoxy groups -OCH3 is 1. The number of β-amino-alcohol motifs (C(OH)–C–C–N with tert-alkyl or cyclic N) is 1. The van der Waals surface area contributed by atoms with Crippen molar-refractivity contribution in [3.05, 3.63) is 31.9 Å². The van der Waals surface area contributed by atoms with Crippen molar-refractivity contribution >= 4 is 46.1 Å². The molecule has 0 radical (unpaired) electrons.